The van der Waals surface area contributed by atoms with Crippen LogP contribution in [0.4, 0.5) is 0 Å². The van der Waals surface area contributed by atoms with Crippen molar-refractivity contribution in [1.29, 1.82) is 0 Å². The Morgan fingerprint density at radius 3 is 2.46 bits per heavy atom. The zero-order valence-corrected chi connectivity index (χ0v) is 15.1. The SMILES string of the molecule is C=COc1cccc2c1c1ccccc1n2-c1cccc(-c2ccncc2)n1. The average molecular weight is 363 g/mol. The normalized spacial score (nSPS) is 11.0. The lowest BCUT2D eigenvalue weighted by molar-refractivity contribution is 0.489. The van der Waals surface area contributed by atoms with Crippen molar-refractivity contribution in [3.8, 4) is 22.8 Å². The first kappa shape index (κ1) is 16.3. The minimum atomic E-state index is 0.785. The first-order valence-corrected chi connectivity index (χ1v) is 9.04. The molecule has 0 aliphatic rings. The second-order valence-corrected chi connectivity index (χ2v) is 6.40. The largest absolute Gasteiger partial charge is 0.465 e. The van der Waals surface area contributed by atoms with E-state index in [4.69, 9.17) is 9.72 Å². The molecule has 5 aromatic rings. The van der Waals surface area contributed by atoms with Crippen LogP contribution in [0.25, 0.3) is 38.9 Å². The molecular weight excluding hydrogens is 346 g/mol. The Kier molecular flexibility index (Phi) is 3.87. The van der Waals surface area contributed by atoms with Crippen LogP contribution in [0.1, 0.15) is 0 Å². The molecule has 0 amide bonds. The topological polar surface area (TPSA) is 39.9 Å². The van der Waals surface area contributed by atoms with Gasteiger partial charge < -0.3 is 4.74 Å². The summed E-state index contributed by atoms with van der Waals surface area (Å²) in [5, 5.41) is 2.17. The molecule has 5 rings (SSSR count). The molecule has 134 valence electrons. The van der Waals surface area contributed by atoms with Crippen LogP contribution in [0.5, 0.6) is 5.75 Å². The zero-order chi connectivity index (χ0) is 18.9. The lowest BCUT2D eigenvalue weighted by atomic mass is 10.1. The molecule has 0 aliphatic heterocycles. The molecule has 0 N–H and O–H groups in total. The molecule has 0 atom stereocenters. The van der Waals surface area contributed by atoms with Crippen LogP contribution >= 0.6 is 0 Å². The van der Waals surface area contributed by atoms with E-state index in [1.807, 2.05) is 54.6 Å². The van der Waals surface area contributed by atoms with E-state index in [1.54, 1.807) is 12.4 Å². The van der Waals surface area contributed by atoms with Crippen molar-refractivity contribution >= 4 is 21.8 Å². The Labute approximate surface area is 162 Å². The summed E-state index contributed by atoms with van der Waals surface area (Å²) in [5.74, 6) is 1.64. The van der Waals surface area contributed by atoms with Gasteiger partial charge in [-0.15, -0.1) is 0 Å². The lowest BCUT2D eigenvalue weighted by Crippen LogP contribution is -1.98. The maximum Gasteiger partial charge on any atom is 0.138 e. The van der Waals surface area contributed by atoms with E-state index >= 15 is 0 Å². The van der Waals surface area contributed by atoms with Crippen LogP contribution in [-0.2, 0) is 0 Å². The number of rotatable bonds is 4. The van der Waals surface area contributed by atoms with Crippen molar-refractivity contribution in [3.63, 3.8) is 0 Å². The third kappa shape index (κ3) is 2.55. The van der Waals surface area contributed by atoms with Gasteiger partial charge in [-0.2, -0.15) is 0 Å². The molecule has 0 fully saturated rings. The number of para-hydroxylation sites is 1. The molecule has 0 unspecified atom stereocenters. The van der Waals surface area contributed by atoms with Gasteiger partial charge in [0.1, 0.15) is 11.6 Å². The summed E-state index contributed by atoms with van der Waals surface area (Å²) >= 11 is 0. The molecule has 0 radical (unpaired) electrons. The predicted octanol–water partition coefficient (Wildman–Crippen LogP) is 5.76. The number of nitrogens with zero attached hydrogens (tertiary/aromatic N) is 3. The van der Waals surface area contributed by atoms with E-state index in [1.165, 1.54) is 6.26 Å². The highest BCUT2D eigenvalue weighted by molar-refractivity contribution is 6.12. The van der Waals surface area contributed by atoms with Crippen molar-refractivity contribution < 1.29 is 4.74 Å². The molecule has 2 aromatic carbocycles. The minimum Gasteiger partial charge on any atom is -0.465 e. The Morgan fingerprint density at radius 2 is 1.61 bits per heavy atom. The number of hydrogen-bond acceptors (Lipinski definition) is 3. The van der Waals surface area contributed by atoms with Crippen molar-refractivity contribution in [2.45, 2.75) is 0 Å². The maximum absolute atomic E-state index is 5.69. The monoisotopic (exact) mass is 363 g/mol. The van der Waals surface area contributed by atoms with Gasteiger partial charge in [0.05, 0.1) is 28.4 Å². The van der Waals surface area contributed by atoms with Gasteiger partial charge in [0.2, 0.25) is 0 Å². The first-order valence-electron chi connectivity index (χ1n) is 9.04. The Balaban J connectivity index is 1.82. The minimum absolute atomic E-state index is 0.785. The molecule has 0 saturated heterocycles. The second kappa shape index (κ2) is 6.67. The van der Waals surface area contributed by atoms with E-state index in [0.717, 1.165) is 44.6 Å². The van der Waals surface area contributed by atoms with Crippen molar-refractivity contribution in [3.05, 3.63) is 98.0 Å². The Hall–Kier alpha value is -3.92. The van der Waals surface area contributed by atoms with Crippen molar-refractivity contribution in [2.75, 3.05) is 0 Å². The number of aromatic nitrogens is 3. The van der Waals surface area contributed by atoms with Gasteiger partial charge >= 0.3 is 0 Å². The Bertz CT molecular complexity index is 1310. The standard InChI is InChI=1S/C24H17N3O/c1-2-28-22-11-6-10-21-24(22)18-7-3-4-9-20(18)27(21)23-12-5-8-19(26-23)17-13-15-25-16-14-17/h2-16H,1H2. The smallest absolute Gasteiger partial charge is 0.138 e. The number of fused-ring (bicyclic) bond motifs is 3. The fourth-order valence-electron chi connectivity index (χ4n) is 3.65. The maximum atomic E-state index is 5.69. The summed E-state index contributed by atoms with van der Waals surface area (Å²) in [7, 11) is 0. The zero-order valence-electron chi connectivity index (χ0n) is 15.1. The predicted molar refractivity (Wildman–Crippen MR) is 113 cm³/mol. The van der Waals surface area contributed by atoms with E-state index in [9.17, 15) is 0 Å². The van der Waals surface area contributed by atoms with Gasteiger partial charge in [-0.1, -0.05) is 36.9 Å². The van der Waals surface area contributed by atoms with Gasteiger partial charge in [-0.3, -0.25) is 9.55 Å². The Morgan fingerprint density at radius 1 is 0.821 bits per heavy atom. The number of pyridine rings is 2. The van der Waals surface area contributed by atoms with Crippen LogP contribution in [0, 0.1) is 0 Å². The number of ether oxygens (including phenoxy) is 1. The van der Waals surface area contributed by atoms with Gasteiger partial charge in [0.15, 0.2) is 0 Å². The molecule has 3 aromatic heterocycles. The van der Waals surface area contributed by atoms with E-state index in [0.29, 0.717) is 0 Å². The number of hydrogen-bond donors (Lipinski definition) is 0. The molecule has 0 spiro atoms. The van der Waals surface area contributed by atoms with Crippen LogP contribution in [0.15, 0.2) is 98.0 Å². The van der Waals surface area contributed by atoms with E-state index in [-0.39, 0.29) is 0 Å². The second-order valence-electron chi connectivity index (χ2n) is 6.40. The quantitative estimate of drug-likeness (QED) is 0.381. The molecule has 3 heterocycles. The van der Waals surface area contributed by atoms with Crippen LogP contribution in [0.3, 0.4) is 0 Å². The van der Waals surface area contributed by atoms with Crippen molar-refractivity contribution in [2.24, 2.45) is 0 Å². The van der Waals surface area contributed by atoms with Gasteiger partial charge in [0.25, 0.3) is 0 Å². The highest BCUT2D eigenvalue weighted by Crippen LogP contribution is 2.37. The highest BCUT2D eigenvalue weighted by atomic mass is 16.5. The first-order chi connectivity index (χ1) is 13.9. The molecule has 0 saturated carbocycles. The molecule has 0 bridgehead atoms. The van der Waals surface area contributed by atoms with Gasteiger partial charge in [-0.25, -0.2) is 4.98 Å². The third-order valence-corrected chi connectivity index (χ3v) is 4.81. The molecule has 4 nitrogen and oxygen atoms in total. The number of benzene rings is 2. The van der Waals surface area contributed by atoms with Crippen LogP contribution < -0.4 is 4.74 Å². The highest BCUT2D eigenvalue weighted by Gasteiger charge is 2.16. The van der Waals surface area contributed by atoms with Crippen molar-refractivity contribution in [1.82, 2.24) is 14.5 Å². The fourth-order valence-corrected chi connectivity index (χ4v) is 3.65. The molecule has 4 heteroatoms. The molecular formula is C24H17N3O. The fraction of sp³-hybridized carbons (Fsp3) is 0. The summed E-state index contributed by atoms with van der Waals surface area (Å²) in [6.07, 6.45) is 5.02. The lowest BCUT2D eigenvalue weighted by Gasteiger charge is -2.09. The van der Waals surface area contributed by atoms with Gasteiger partial charge in [0, 0.05) is 23.3 Å². The summed E-state index contributed by atoms with van der Waals surface area (Å²) in [6.45, 7) is 3.71. The van der Waals surface area contributed by atoms with E-state index < -0.39 is 0 Å². The summed E-state index contributed by atoms with van der Waals surface area (Å²) in [5.41, 5.74) is 4.06. The molecule has 28 heavy (non-hydrogen) atoms. The summed E-state index contributed by atoms with van der Waals surface area (Å²) in [4.78, 5) is 9.03. The molecule has 0 aliphatic carbocycles. The summed E-state index contributed by atoms with van der Waals surface area (Å²) in [6, 6.07) is 24.3. The van der Waals surface area contributed by atoms with E-state index in [2.05, 4.69) is 34.3 Å². The summed E-state index contributed by atoms with van der Waals surface area (Å²) < 4.78 is 7.86. The average Bonchev–Trinajstić information content (AvgIpc) is 3.10. The third-order valence-electron chi connectivity index (χ3n) is 4.81. The van der Waals surface area contributed by atoms with Crippen LogP contribution in [0.2, 0.25) is 0 Å². The van der Waals surface area contributed by atoms with Crippen LogP contribution in [-0.4, -0.2) is 14.5 Å². The van der Waals surface area contributed by atoms with Gasteiger partial charge in [-0.05, 0) is 42.5 Å².